The van der Waals surface area contributed by atoms with Crippen molar-refractivity contribution >= 4 is 24.0 Å². The summed E-state index contributed by atoms with van der Waals surface area (Å²) in [5.41, 5.74) is 3.73. The van der Waals surface area contributed by atoms with Crippen molar-refractivity contribution < 1.29 is 4.74 Å². The van der Waals surface area contributed by atoms with Gasteiger partial charge in [0.25, 0.3) is 0 Å². The molecule has 136 valence electrons. The third kappa shape index (κ3) is 6.72. The average Bonchev–Trinajstić information content (AvgIpc) is 2.67. The summed E-state index contributed by atoms with van der Waals surface area (Å²) >= 11 is 5.89. The van der Waals surface area contributed by atoms with E-state index in [1.165, 1.54) is 11.1 Å². The van der Waals surface area contributed by atoms with Crippen molar-refractivity contribution in [2.24, 2.45) is 0 Å². The van der Waals surface area contributed by atoms with E-state index in [4.69, 9.17) is 16.3 Å². The Morgan fingerprint density at radius 3 is 2.08 bits per heavy atom. The quantitative estimate of drug-likeness (QED) is 0.502. The first-order valence-electron chi connectivity index (χ1n) is 8.50. The van der Waals surface area contributed by atoms with Crippen LogP contribution >= 0.6 is 24.0 Å². The van der Waals surface area contributed by atoms with Crippen LogP contribution in [0.4, 0.5) is 0 Å². The summed E-state index contributed by atoms with van der Waals surface area (Å²) in [6.45, 7) is 2.38. The standard InChI is InChI=1S/C22H22ClNO.ClH/c23-21-10-6-20(7-11-21)17-25-22-12-8-19(9-13-22)16-24-15-14-18-4-2-1-3-5-18;/h1-13,24H,14-17H2;1H. The first-order valence-corrected chi connectivity index (χ1v) is 8.88. The van der Waals surface area contributed by atoms with E-state index in [2.05, 4.69) is 41.7 Å². The maximum Gasteiger partial charge on any atom is 0.119 e. The fourth-order valence-corrected chi connectivity index (χ4v) is 2.69. The Bertz CT molecular complexity index is 758. The van der Waals surface area contributed by atoms with Crippen LogP contribution < -0.4 is 10.1 Å². The molecule has 3 aromatic carbocycles. The highest BCUT2D eigenvalue weighted by Gasteiger charge is 1.98. The van der Waals surface area contributed by atoms with Crippen molar-refractivity contribution in [1.82, 2.24) is 5.32 Å². The van der Waals surface area contributed by atoms with Crippen molar-refractivity contribution in [3.63, 3.8) is 0 Å². The minimum Gasteiger partial charge on any atom is -0.489 e. The Morgan fingerprint density at radius 1 is 0.731 bits per heavy atom. The third-order valence-electron chi connectivity index (χ3n) is 4.00. The van der Waals surface area contributed by atoms with Gasteiger partial charge in [0, 0.05) is 11.6 Å². The SMILES string of the molecule is Cl.Clc1ccc(COc2ccc(CNCCc3ccccc3)cc2)cc1. The molecule has 0 aliphatic carbocycles. The van der Waals surface area contributed by atoms with E-state index in [0.29, 0.717) is 6.61 Å². The predicted molar refractivity (Wildman–Crippen MR) is 111 cm³/mol. The molecule has 0 saturated heterocycles. The Labute approximate surface area is 166 Å². The van der Waals surface area contributed by atoms with Crippen LogP contribution in [0.25, 0.3) is 0 Å². The van der Waals surface area contributed by atoms with Crippen molar-refractivity contribution in [1.29, 1.82) is 0 Å². The smallest absolute Gasteiger partial charge is 0.119 e. The molecule has 26 heavy (non-hydrogen) atoms. The Morgan fingerprint density at radius 2 is 1.38 bits per heavy atom. The van der Waals surface area contributed by atoms with Gasteiger partial charge in [-0.2, -0.15) is 0 Å². The van der Waals surface area contributed by atoms with Gasteiger partial charge < -0.3 is 10.1 Å². The van der Waals surface area contributed by atoms with Crippen LogP contribution in [0.5, 0.6) is 5.75 Å². The summed E-state index contributed by atoms with van der Waals surface area (Å²) in [5.74, 6) is 0.878. The maximum absolute atomic E-state index is 5.89. The number of benzene rings is 3. The molecule has 0 unspecified atom stereocenters. The van der Waals surface area contributed by atoms with Gasteiger partial charge in [0.2, 0.25) is 0 Å². The molecule has 0 spiro atoms. The van der Waals surface area contributed by atoms with E-state index in [0.717, 1.165) is 35.8 Å². The molecule has 0 saturated carbocycles. The van der Waals surface area contributed by atoms with Crippen molar-refractivity contribution in [3.05, 3.63) is 101 Å². The second-order valence-corrected chi connectivity index (χ2v) is 6.41. The van der Waals surface area contributed by atoms with Crippen molar-refractivity contribution in [3.8, 4) is 5.75 Å². The minimum absolute atomic E-state index is 0. The lowest BCUT2D eigenvalue weighted by Crippen LogP contribution is -2.16. The second kappa shape index (κ2) is 10.9. The molecular weight excluding hydrogens is 365 g/mol. The molecule has 0 aromatic heterocycles. The van der Waals surface area contributed by atoms with E-state index in [1.54, 1.807) is 0 Å². The first kappa shape index (κ1) is 20.3. The molecule has 4 heteroatoms. The van der Waals surface area contributed by atoms with Crippen LogP contribution in [0, 0.1) is 0 Å². The minimum atomic E-state index is 0. The van der Waals surface area contributed by atoms with Gasteiger partial charge in [-0.05, 0) is 53.9 Å². The highest BCUT2D eigenvalue weighted by molar-refractivity contribution is 6.30. The zero-order valence-electron chi connectivity index (χ0n) is 14.5. The topological polar surface area (TPSA) is 21.3 Å². The molecule has 0 radical (unpaired) electrons. The molecule has 0 amide bonds. The number of rotatable bonds is 8. The molecule has 1 N–H and O–H groups in total. The predicted octanol–water partition coefficient (Wildman–Crippen LogP) is 5.67. The fraction of sp³-hybridized carbons (Fsp3) is 0.182. The second-order valence-electron chi connectivity index (χ2n) is 5.97. The van der Waals surface area contributed by atoms with Gasteiger partial charge in [0.1, 0.15) is 12.4 Å². The molecule has 0 heterocycles. The van der Waals surface area contributed by atoms with Gasteiger partial charge >= 0.3 is 0 Å². The van der Waals surface area contributed by atoms with Crippen LogP contribution in [0.15, 0.2) is 78.9 Å². The Hall–Kier alpha value is -2.00. The van der Waals surface area contributed by atoms with Crippen LogP contribution in [-0.2, 0) is 19.6 Å². The number of ether oxygens (including phenoxy) is 1. The van der Waals surface area contributed by atoms with Gasteiger partial charge in [-0.15, -0.1) is 12.4 Å². The fourth-order valence-electron chi connectivity index (χ4n) is 2.56. The summed E-state index contributed by atoms with van der Waals surface area (Å²) in [5, 5.41) is 4.22. The van der Waals surface area contributed by atoms with Crippen LogP contribution in [-0.4, -0.2) is 6.54 Å². The monoisotopic (exact) mass is 387 g/mol. The Kier molecular flexibility index (Phi) is 8.49. The van der Waals surface area contributed by atoms with E-state index in [9.17, 15) is 0 Å². The Balaban J connectivity index is 0.00000243. The van der Waals surface area contributed by atoms with Crippen LogP contribution in [0.2, 0.25) is 5.02 Å². The average molecular weight is 388 g/mol. The van der Waals surface area contributed by atoms with Gasteiger partial charge in [-0.3, -0.25) is 0 Å². The summed E-state index contributed by atoms with van der Waals surface area (Å²) < 4.78 is 5.81. The molecule has 0 atom stereocenters. The first-order chi connectivity index (χ1) is 12.3. The number of nitrogens with one attached hydrogen (secondary N) is 1. The molecule has 0 aliphatic heterocycles. The normalized spacial score (nSPS) is 10.2. The van der Waals surface area contributed by atoms with Crippen molar-refractivity contribution in [2.45, 2.75) is 19.6 Å². The van der Waals surface area contributed by atoms with Crippen LogP contribution in [0.3, 0.4) is 0 Å². The van der Waals surface area contributed by atoms with E-state index in [-0.39, 0.29) is 12.4 Å². The van der Waals surface area contributed by atoms with E-state index in [1.807, 2.05) is 42.5 Å². The lowest BCUT2D eigenvalue weighted by atomic mass is 10.1. The van der Waals surface area contributed by atoms with Crippen molar-refractivity contribution in [2.75, 3.05) is 6.54 Å². The summed E-state index contributed by atoms with van der Waals surface area (Å²) in [4.78, 5) is 0. The molecule has 0 aliphatic rings. The van der Waals surface area contributed by atoms with E-state index < -0.39 is 0 Å². The van der Waals surface area contributed by atoms with Gasteiger partial charge in [0.15, 0.2) is 0 Å². The summed E-state index contributed by atoms with van der Waals surface area (Å²) in [6.07, 6.45) is 1.04. The highest BCUT2D eigenvalue weighted by atomic mass is 35.5. The molecule has 0 fully saturated rings. The molecule has 3 rings (SSSR count). The van der Waals surface area contributed by atoms with Crippen LogP contribution in [0.1, 0.15) is 16.7 Å². The molecule has 3 aromatic rings. The van der Waals surface area contributed by atoms with E-state index >= 15 is 0 Å². The number of hydrogen-bond donors (Lipinski definition) is 1. The largest absolute Gasteiger partial charge is 0.489 e. The zero-order valence-corrected chi connectivity index (χ0v) is 16.1. The lowest BCUT2D eigenvalue weighted by molar-refractivity contribution is 0.306. The number of halogens is 2. The zero-order chi connectivity index (χ0) is 17.3. The summed E-state index contributed by atoms with van der Waals surface area (Å²) in [7, 11) is 0. The maximum atomic E-state index is 5.89. The molecular formula is C22H23Cl2NO. The lowest BCUT2D eigenvalue weighted by Gasteiger charge is -2.08. The third-order valence-corrected chi connectivity index (χ3v) is 4.26. The van der Waals surface area contributed by atoms with Gasteiger partial charge in [-0.1, -0.05) is 66.2 Å². The number of hydrogen-bond acceptors (Lipinski definition) is 2. The molecule has 2 nitrogen and oxygen atoms in total. The van der Waals surface area contributed by atoms with Gasteiger partial charge in [0.05, 0.1) is 0 Å². The van der Waals surface area contributed by atoms with Gasteiger partial charge in [-0.25, -0.2) is 0 Å². The highest BCUT2D eigenvalue weighted by Crippen LogP contribution is 2.15. The summed E-state index contributed by atoms with van der Waals surface area (Å²) in [6, 6.07) is 26.5. The molecule has 0 bridgehead atoms.